The second kappa shape index (κ2) is 8.16. The summed E-state index contributed by atoms with van der Waals surface area (Å²) in [6.45, 7) is 1.56. The number of fused-ring (bicyclic) bond motifs is 1. The van der Waals surface area contributed by atoms with E-state index >= 15 is 0 Å². The maximum Gasteiger partial charge on any atom is 0.317 e. The van der Waals surface area contributed by atoms with E-state index in [-0.39, 0.29) is 18.0 Å². The van der Waals surface area contributed by atoms with E-state index in [0.717, 1.165) is 29.4 Å². The summed E-state index contributed by atoms with van der Waals surface area (Å²) >= 11 is 6.03. The average molecular weight is 415 g/mol. The van der Waals surface area contributed by atoms with Crippen LogP contribution in [-0.2, 0) is 6.54 Å². The minimum absolute atomic E-state index is 0.0341. The van der Waals surface area contributed by atoms with Gasteiger partial charge in [0.1, 0.15) is 5.69 Å². The summed E-state index contributed by atoms with van der Waals surface area (Å²) in [5.41, 5.74) is 2.28. The highest BCUT2D eigenvalue weighted by atomic mass is 35.5. The summed E-state index contributed by atoms with van der Waals surface area (Å²) < 4.78 is 0. The van der Waals surface area contributed by atoms with E-state index in [1.165, 1.54) is 6.33 Å². The normalized spacial score (nSPS) is 16.8. The van der Waals surface area contributed by atoms with Gasteiger partial charge in [-0.1, -0.05) is 11.6 Å². The van der Waals surface area contributed by atoms with Gasteiger partial charge in [-0.3, -0.25) is 4.79 Å². The quantitative estimate of drug-likeness (QED) is 0.612. The lowest BCUT2D eigenvalue weighted by molar-refractivity contribution is 0.0631. The first kappa shape index (κ1) is 19.3. The maximum absolute atomic E-state index is 12.6. The summed E-state index contributed by atoms with van der Waals surface area (Å²) in [4.78, 5) is 38.7. The number of halogens is 1. The highest BCUT2D eigenvalue weighted by Gasteiger charge is 2.29. The second-order valence-electron chi connectivity index (χ2n) is 7.30. The third-order valence-corrected chi connectivity index (χ3v) is 5.57. The third-order valence-electron chi connectivity index (χ3n) is 5.34. The molecular weight excluding hydrogens is 392 g/mol. The SMILES string of the molecule is CN(C(=O)NCc1cc2cc(Cl)ccc2[nH]1)[C@@H]1CCCN(C(=O)c2c[nH]cn2)C1. The Bertz CT molecular complexity index is 1020. The smallest absolute Gasteiger partial charge is 0.317 e. The number of aromatic amines is 2. The number of nitrogens with one attached hydrogen (secondary N) is 3. The van der Waals surface area contributed by atoms with Crippen molar-refractivity contribution in [3.8, 4) is 0 Å². The molecule has 2 aromatic heterocycles. The fourth-order valence-corrected chi connectivity index (χ4v) is 3.90. The van der Waals surface area contributed by atoms with Gasteiger partial charge in [0.25, 0.3) is 5.91 Å². The molecule has 3 aromatic rings. The van der Waals surface area contributed by atoms with E-state index < -0.39 is 0 Å². The fourth-order valence-electron chi connectivity index (χ4n) is 3.71. The Morgan fingerprint density at radius 3 is 3.03 bits per heavy atom. The van der Waals surface area contributed by atoms with Crippen molar-refractivity contribution < 1.29 is 9.59 Å². The standard InChI is InChI=1S/C20H23ClN6O2/c1-26(16-3-2-6-27(11-16)19(28)18-10-22-12-24-18)20(29)23-9-15-8-13-7-14(21)4-5-17(13)25-15/h4-5,7-8,10,12,16,25H,2-3,6,9,11H2,1H3,(H,22,24)(H,23,29)/t16-/m1/s1. The molecular formula is C20H23ClN6O2. The number of likely N-dealkylation sites (tertiary alicyclic amines) is 1. The number of imidazole rings is 1. The van der Waals surface area contributed by atoms with Crippen LogP contribution in [0, 0.1) is 0 Å². The van der Waals surface area contributed by atoms with Crippen LogP contribution < -0.4 is 5.32 Å². The van der Waals surface area contributed by atoms with Crippen molar-refractivity contribution in [2.45, 2.75) is 25.4 Å². The molecule has 0 bridgehead atoms. The van der Waals surface area contributed by atoms with E-state index in [4.69, 9.17) is 11.6 Å². The summed E-state index contributed by atoms with van der Waals surface area (Å²) in [6, 6.07) is 7.41. The molecule has 1 saturated heterocycles. The number of benzene rings is 1. The van der Waals surface area contributed by atoms with E-state index in [2.05, 4.69) is 20.3 Å². The van der Waals surface area contributed by atoms with Crippen molar-refractivity contribution in [1.29, 1.82) is 0 Å². The minimum atomic E-state index is -0.166. The second-order valence-corrected chi connectivity index (χ2v) is 7.73. The van der Waals surface area contributed by atoms with Crippen LogP contribution in [0.1, 0.15) is 29.0 Å². The first-order valence-electron chi connectivity index (χ1n) is 9.57. The Hall–Kier alpha value is -3.00. The zero-order valence-corrected chi connectivity index (χ0v) is 16.9. The summed E-state index contributed by atoms with van der Waals surface area (Å²) in [5.74, 6) is -0.110. The Kier molecular flexibility index (Phi) is 5.44. The number of amides is 3. The van der Waals surface area contributed by atoms with Crippen LogP contribution in [0.15, 0.2) is 36.8 Å². The van der Waals surface area contributed by atoms with Crippen LogP contribution in [-0.4, -0.2) is 62.9 Å². The highest BCUT2D eigenvalue weighted by Crippen LogP contribution is 2.20. The van der Waals surface area contributed by atoms with Gasteiger partial charge in [-0.25, -0.2) is 9.78 Å². The molecule has 0 saturated carbocycles. The van der Waals surface area contributed by atoms with Crippen molar-refractivity contribution >= 4 is 34.4 Å². The molecule has 0 aliphatic carbocycles. The first-order valence-corrected chi connectivity index (χ1v) is 9.95. The van der Waals surface area contributed by atoms with E-state index in [0.29, 0.717) is 30.4 Å². The summed E-state index contributed by atoms with van der Waals surface area (Å²) in [6.07, 6.45) is 4.79. The topological polar surface area (TPSA) is 97.1 Å². The van der Waals surface area contributed by atoms with Crippen LogP contribution in [0.25, 0.3) is 10.9 Å². The van der Waals surface area contributed by atoms with Gasteiger partial charge in [0, 0.05) is 48.0 Å². The molecule has 1 aliphatic rings. The van der Waals surface area contributed by atoms with Gasteiger partial charge in [-0.15, -0.1) is 0 Å². The number of H-pyrrole nitrogens is 2. The van der Waals surface area contributed by atoms with Gasteiger partial charge < -0.3 is 25.1 Å². The van der Waals surface area contributed by atoms with Gasteiger partial charge in [-0.05, 0) is 37.1 Å². The highest BCUT2D eigenvalue weighted by molar-refractivity contribution is 6.31. The molecule has 0 radical (unpaired) electrons. The van der Waals surface area contributed by atoms with Crippen molar-refractivity contribution in [2.24, 2.45) is 0 Å². The molecule has 0 unspecified atom stereocenters. The molecule has 1 fully saturated rings. The zero-order valence-electron chi connectivity index (χ0n) is 16.1. The molecule has 3 N–H and O–H groups in total. The number of carbonyl (C=O) groups excluding carboxylic acids is 2. The number of nitrogens with zero attached hydrogens (tertiary/aromatic N) is 3. The Balaban J connectivity index is 1.34. The lowest BCUT2D eigenvalue weighted by atomic mass is 10.0. The number of aromatic nitrogens is 3. The van der Waals surface area contributed by atoms with Crippen LogP contribution in [0.5, 0.6) is 0 Å². The molecule has 8 nitrogen and oxygen atoms in total. The van der Waals surface area contributed by atoms with E-state index in [1.54, 1.807) is 23.0 Å². The van der Waals surface area contributed by atoms with Gasteiger partial charge in [-0.2, -0.15) is 0 Å². The van der Waals surface area contributed by atoms with Gasteiger partial charge in [0.05, 0.1) is 18.9 Å². The van der Waals surface area contributed by atoms with Gasteiger partial charge in [0.2, 0.25) is 0 Å². The molecule has 3 heterocycles. The lowest BCUT2D eigenvalue weighted by Gasteiger charge is -2.37. The lowest BCUT2D eigenvalue weighted by Crippen LogP contribution is -2.52. The molecule has 0 spiro atoms. The van der Waals surface area contributed by atoms with Crippen LogP contribution >= 0.6 is 11.6 Å². The van der Waals surface area contributed by atoms with Crippen LogP contribution in [0.3, 0.4) is 0 Å². The number of hydrogen-bond donors (Lipinski definition) is 3. The minimum Gasteiger partial charge on any atom is -0.357 e. The van der Waals surface area contributed by atoms with Gasteiger partial charge in [0.15, 0.2) is 0 Å². The molecule has 9 heteroatoms. The van der Waals surface area contributed by atoms with Gasteiger partial charge >= 0.3 is 6.03 Å². The monoisotopic (exact) mass is 414 g/mol. The summed E-state index contributed by atoms with van der Waals surface area (Å²) in [5, 5.41) is 4.63. The predicted octanol–water partition coefficient (Wildman–Crippen LogP) is 2.99. The Labute approximate surface area is 173 Å². The van der Waals surface area contributed by atoms with Crippen molar-refractivity contribution in [2.75, 3.05) is 20.1 Å². The molecule has 1 atom stereocenters. The number of hydrogen-bond acceptors (Lipinski definition) is 3. The van der Waals surface area contributed by atoms with Crippen molar-refractivity contribution in [1.82, 2.24) is 30.1 Å². The summed E-state index contributed by atoms with van der Waals surface area (Å²) in [7, 11) is 1.77. The molecule has 3 amide bonds. The molecule has 1 aliphatic heterocycles. The Morgan fingerprint density at radius 1 is 1.38 bits per heavy atom. The van der Waals surface area contributed by atoms with Crippen molar-refractivity contribution in [3.63, 3.8) is 0 Å². The number of carbonyl (C=O) groups is 2. The zero-order chi connectivity index (χ0) is 20.4. The Morgan fingerprint density at radius 2 is 2.24 bits per heavy atom. The number of likely N-dealkylation sites (N-methyl/N-ethyl adjacent to an activating group) is 1. The third kappa shape index (κ3) is 4.22. The molecule has 152 valence electrons. The average Bonchev–Trinajstić information content (AvgIpc) is 3.40. The first-order chi connectivity index (χ1) is 14.0. The number of piperidine rings is 1. The van der Waals surface area contributed by atoms with Crippen LogP contribution in [0.2, 0.25) is 5.02 Å². The van der Waals surface area contributed by atoms with Crippen molar-refractivity contribution in [3.05, 3.63) is 53.2 Å². The van der Waals surface area contributed by atoms with Crippen LogP contribution in [0.4, 0.5) is 4.79 Å². The fraction of sp³-hybridized carbons (Fsp3) is 0.350. The number of rotatable bonds is 4. The molecule has 4 rings (SSSR count). The van der Waals surface area contributed by atoms with E-state index in [1.807, 2.05) is 24.3 Å². The van der Waals surface area contributed by atoms with E-state index in [9.17, 15) is 9.59 Å². The number of urea groups is 1. The molecule has 29 heavy (non-hydrogen) atoms. The predicted molar refractivity (Wildman–Crippen MR) is 111 cm³/mol. The maximum atomic E-state index is 12.6. The largest absolute Gasteiger partial charge is 0.357 e. The molecule has 1 aromatic carbocycles.